The van der Waals surface area contributed by atoms with E-state index in [1.807, 2.05) is 13.8 Å². The maximum absolute atomic E-state index is 11.9. The Hall–Kier alpha value is -0.860. The zero-order chi connectivity index (χ0) is 11.0. The van der Waals surface area contributed by atoms with Crippen molar-refractivity contribution in [2.24, 2.45) is 11.8 Å². The van der Waals surface area contributed by atoms with Crippen molar-refractivity contribution in [1.29, 1.82) is 0 Å². The molecule has 0 N–H and O–H groups in total. The topological polar surface area (TPSA) is 37.4 Å². The van der Waals surface area contributed by atoms with E-state index in [0.717, 1.165) is 25.7 Å². The minimum absolute atomic E-state index is 0.0550. The Morgan fingerprint density at radius 3 is 1.87 bits per heavy atom. The molecule has 0 aromatic carbocycles. The minimum Gasteiger partial charge on any atom is -0.279 e. The fraction of sp³-hybridized carbons (Fsp3) is 0.833. The number of nitrogens with zero attached hydrogens (tertiary/aromatic N) is 1. The molecule has 0 radical (unpaired) electrons. The monoisotopic (exact) mass is 209 g/mol. The Bertz CT molecular complexity index is 261. The van der Waals surface area contributed by atoms with Gasteiger partial charge in [0.25, 0.3) is 0 Å². The van der Waals surface area contributed by atoms with E-state index in [1.165, 1.54) is 6.42 Å². The van der Waals surface area contributed by atoms with E-state index in [2.05, 4.69) is 0 Å². The Labute approximate surface area is 90.8 Å². The van der Waals surface area contributed by atoms with Gasteiger partial charge in [-0.05, 0) is 12.8 Å². The van der Waals surface area contributed by atoms with Crippen molar-refractivity contribution in [2.75, 3.05) is 0 Å². The van der Waals surface area contributed by atoms with Gasteiger partial charge in [-0.1, -0.05) is 33.1 Å². The third-order valence-electron chi connectivity index (χ3n) is 3.94. The lowest BCUT2D eigenvalue weighted by Gasteiger charge is -2.29. The first-order chi connectivity index (χ1) is 7.13. The van der Waals surface area contributed by atoms with Gasteiger partial charge in [0.2, 0.25) is 11.8 Å². The van der Waals surface area contributed by atoms with Crippen molar-refractivity contribution in [3.63, 3.8) is 0 Å². The van der Waals surface area contributed by atoms with Crippen LogP contribution in [0.1, 0.15) is 46.0 Å². The van der Waals surface area contributed by atoms with Crippen LogP contribution < -0.4 is 0 Å². The maximum atomic E-state index is 11.9. The number of carbonyl (C=O) groups is 2. The first-order valence-electron chi connectivity index (χ1n) is 6.00. The molecule has 1 heterocycles. The first kappa shape index (κ1) is 10.7. The SMILES string of the molecule is CC1C(=O)N(C2CCCCC2)C(=O)C1C. The molecule has 2 unspecified atom stereocenters. The van der Waals surface area contributed by atoms with Crippen molar-refractivity contribution in [3.05, 3.63) is 0 Å². The van der Waals surface area contributed by atoms with E-state index >= 15 is 0 Å². The lowest BCUT2D eigenvalue weighted by atomic mass is 9.94. The molecule has 2 atom stereocenters. The van der Waals surface area contributed by atoms with Gasteiger partial charge < -0.3 is 0 Å². The lowest BCUT2D eigenvalue weighted by molar-refractivity contribution is -0.143. The van der Waals surface area contributed by atoms with E-state index in [-0.39, 0.29) is 29.7 Å². The first-order valence-corrected chi connectivity index (χ1v) is 6.00. The highest BCUT2D eigenvalue weighted by Gasteiger charge is 2.45. The van der Waals surface area contributed by atoms with E-state index in [9.17, 15) is 9.59 Å². The molecule has 1 saturated heterocycles. The zero-order valence-corrected chi connectivity index (χ0v) is 9.53. The smallest absolute Gasteiger partial charge is 0.233 e. The van der Waals surface area contributed by atoms with Crippen molar-refractivity contribution >= 4 is 11.8 Å². The molecular weight excluding hydrogens is 190 g/mol. The number of imide groups is 1. The van der Waals surface area contributed by atoms with Crippen LogP contribution in [-0.2, 0) is 9.59 Å². The molecule has 84 valence electrons. The summed E-state index contributed by atoms with van der Waals surface area (Å²) in [5.41, 5.74) is 0. The fourth-order valence-corrected chi connectivity index (χ4v) is 2.67. The summed E-state index contributed by atoms with van der Waals surface area (Å²) in [6, 6.07) is 0.200. The van der Waals surface area contributed by atoms with Crippen LogP contribution in [0.25, 0.3) is 0 Å². The third-order valence-corrected chi connectivity index (χ3v) is 3.94. The summed E-state index contributed by atoms with van der Waals surface area (Å²) >= 11 is 0. The molecule has 3 nitrogen and oxygen atoms in total. The van der Waals surface area contributed by atoms with Crippen LogP contribution >= 0.6 is 0 Å². The van der Waals surface area contributed by atoms with Crippen LogP contribution in [0.5, 0.6) is 0 Å². The normalized spacial score (nSPS) is 33.9. The van der Waals surface area contributed by atoms with E-state index in [4.69, 9.17) is 0 Å². The highest BCUT2D eigenvalue weighted by atomic mass is 16.2. The summed E-state index contributed by atoms with van der Waals surface area (Å²) in [5.74, 6) is -0.113. The number of hydrogen-bond donors (Lipinski definition) is 0. The quantitative estimate of drug-likeness (QED) is 0.619. The van der Waals surface area contributed by atoms with Crippen LogP contribution in [0.3, 0.4) is 0 Å². The summed E-state index contributed by atoms with van der Waals surface area (Å²) < 4.78 is 0. The second-order valence-electron chi connectivity index (χ2n) is 4.92. The average Bonchev–Trinajstić information content (AvgIpc) is 2.45. The number of rotatable bonds is 1. The summed E-state index contributed by atoms with van der Waals surface area (Å²) in [6.45, 7) is 3.74. The molecule has 0 spiro atoms. The molecule has 1 aliphatic heterocycles. The van der Waals surface area contributed by atoms with Gasteiger partial charge in [0.15, 0.2) is 0 Å². The zero-order valence-electron chi connectivity index (χ0n) is 9.53. The van der Waals surface area contributed by atoms with Gasteiger partial charge in [-0.2, -0.15) is 0 Å². The van der Waals surface area contributed by atoms with Crippen molar-refractivity contribution in [1.82, 2.24) is 4.90 Å². The van der Waals surface area contributed by atoms with Crippen molar-refractivity contribution in [3.8, 4) is 0 Å². The molecule has 2 rings (SSSR count). The molecule has 1 saturated carbocycles. The van der Waals surface area contributed by atoms with Gasteiger partial charge in [0, 0.05) is 17.9 Å². The second kappa shape index (κ2) is 3.95. The van der Waals surface area contributed by atoms with Gasteiger partial charge in [-0.15, -0.1) is 0 Å². The maximum Gasteiger partial charge on any atom is 0.233 e. The number of amides is 2. The van der Waals surface area contributed by atoms with Gasteiger partial charge >= 0.3 is 0 Å². The molecule has 2 aliphatic rings. The molecule has 1 aliphatic carbocycles. The Morgan fingerprint density at radius 2 is 1.40 bits per heavy atom. The van der Waals surface area contributed by atoms with Crippen LogP contribution in [-0.4, -0.2) is 22.8 Å². The van der Waals surface area contributed by atoms with Crippen LogP contribution in [0.2, 0.25) is 0 Å². The largest absolute Gasteiger partial charge is 0.279 e. The van der Waals surface area contributed by atoms with Crippen LogP contribution in [0, 0.1) is 11.8 Å². The molecular formula is C12H19NO2. The molecule has 15 heavy (non-hydrogen) atoms. The third kappa shape index (κ3) is 1.68. The summed E-state index contributed by atoms with van der Waals surface area (Å²) in [5, 5.41) is 0. The summed E-state index contributed by atoms with van der Waals surface area (Å²) in [6.07, 6.45) is 5.58. The molecule has 2 amide bonds. The molecule has 3 heteroatoms. The van der Waals surface area contributed by atoms with Crippen LogP contribution in [0.4, 0.5) is 0 Å². The molecule has 0 bridgehead atoms. The predicted molar refractivity (Wildman–Crippen MR) is 57.1 cm³/mol. The minimum atomic E-state index is -0.112. The lowest BCUT2D eigenvalue weighted by Crippen LogP contribution is -2.41. The van der Waals surface area contributed by atoms with Gasteiger partial charge in [-0.25, -0.2) is 0 Å². The van der Waals surface area contributed by atoms with E-state index in [1.54, 1.807) is 4.90 Å². The number of likely N-dealkylation sites (tertiary alicyclic amines) is 1. The Kier molecular flexibility index (Phi) is 2.81. The van der Waals surface area contributed by atoms with Crippen molar-refractivity contribution in [2.45, 2.75) is 52.0 Å². The second-order valence-corrected chi connectivity index (χ2v) is 4.92. The Morgan fingerprint density at radius 1 is 0.933 bits per heavy atom. The summed E-state index contributed by atoms with van der Waals surface area (Å²) in [7, 11) is 0. The molecule has 0 aromatic heterocycles. The van der Waals surface area contributed by atoms with Gasteiger partial charge in [0.05, 0.1) is 0 Å². The number of hydrogen-bond acceptors (Lipinski definition) is 2. The van der Waals surface area contributed by atoms with Crippen LogP contribution in [0.15, 0.2) is 0 Å². The average molecular weight is 209 g/mol. The predicted octanol–water partition coefficient (Wildman–Crippen LogP) is 1.96. The Balaban J connectivity index is 2.14. The molecule has 2 fully saturated rings. The highest BCUT2D eigenvalue weighted by molar-refractivity contribution is 6.05. The van der Waals surface area contributed by atoms with Gasteiger partial charge in [0.1, 0.15) is 0 Å². The standard InChI is InChI=1S/C12H19NO2/c1-8-9(2)12(15)13(11(8)14)10-6-4-3-5-7-10/h8-10H,3-7H2,1-2H3. The number of carbonyl (C=O) groups excluding carboxylic acids is 2. The van der Waals surface area contributed by atoms with Crippen molar-refractivity contribution < 1.29 is 9.59 Å². The van der Waals surface area contributed by atoms with E-state index < -0.39 is 0 Å². The fourth-order valence-electron chi connectivity index (χ4n) is 2.67. The highest BCUT2D eigenvalue weighted by Crippen LogP contribution is 2.32. The molecule has 0 aromatic rings. The van der Waals surface area contributed by atoms with Gasteiger partial charge in [-0.3, -0.25) is 14.5 Å². The summed E-state index contributed by atoms with van der Waals surface area (Å²) in [4.78, 5) is 25.4. The van der Waals surface area contributed by atoms with E-state index in [0.29, 0.717) is 0 Å².